The van der Waals surface area contributed by atoms with Crippen molar-refractivity contribution in [2.45, 2.75) is 6.54 Å². The first-order chi connectivity index (χ1) is 10.3. The van der Waals surface area contributed by atoms with E-state index in [4.69, 9.17) is 4.42 Å². The van der Waals surface area contributed by atoms with Crippen molar-refractivity contribution in [3.05, 3.63) is 78.3 Å². The smallest absolute Gasteiger partial charge is 0.244 e. The van der Waals surface area contributed by atoms with Crippen LogP contribution in [0.2, 0.25) is 0 Å². The molecule has 3 nitrogen and oxygen atoms in total. The first-order valence-corrected chi connectivity index (χ1v) is 6.79. The maximum Gasteiger partial charge on any atom is 0.244 e. The first-order valence-electron chi connectivity index (χ1n) is 6.79. The van der Waals surface area contributed by atoms with Crippen LogP contribution in [0.15, 0.2) is 71.4 Å². The number of rotatable bonds is 4. The topological polar surface area (TPSA) is 42.2 Å². The molecule has 0 aliphatic carbocycles. The Morgan fingerprint density at radius 2 is 1.90 bits per heavy atom. The van der Waals surface area contributed by atoms with Crippen molar-refractivity contribution >= 4 is 22.8 Å². The molecule has 0 atom stereocenters. The van der Waals surface area contributed by atoms with E-state index in [0.29, 0.717) is 6.54 Å². The van der Waals surface area contributed by atoms with Crippen molar-refractivity contribution in [3.63, 3.8) is 0 Å². The zero-order valence-electron chi connectivity index (χ0n) is 11.5. The number of amides is 1. The molecule has 1 heterocycles. The normalized spacial score (nSPS) is 11.0. The predicted molar refractivity (Wildman–Crippen MR) is 83.5 cm³/mol. The molecule has 1 N–H and O–H groups in total. The van der Waals surface area contributed by atoms with Crippen LogP contribution < -0.4 is 5.32 Å². The standard InChI is InChI=1S/C18H15NO2/c20-18(19-13-16-8-4-12-21-16)11-10-15-7-3-6-14-5-1-2-9-17(14)15/h1-12H,13H2,(H,19,20). The Hall–Kier alpha value is -2.81. The molecule has 1 aromatic heterocycles. The largest absolute Gasteiger partial charge is 0.467 e. The van der Waals surface area contributed by atoms with Crippen LogP contribution in [0.4, 0.5) is 0 Å². The first kappa shape index (κ1) is 13.2. The summed E-state index contributed by atoms with van der Waals surface area (Å²) in [5, 5.41) is 5.08. The van der Waals surface area contributed by atoms with E-state index < -0.39 is 0 Å². The minimum Gasteiger partial charge on any atom is -0.467 e. The molecule has 3 rings (SSSR count). The van der Waals surface area contributed by atoms with E-state index in [9.17, 15) is 4.79 Å². The summed E-state index contributed by atoms with van der Waals surface area (Å²) in [5.41, 5.74) is 1.03. The third-order valence-corrected chi connectivity index (χ3v) is 3.25. The molecule has 3 heteroatoms. The number of fused-ring (bicyclic) bond motifs is 1. The number of nitrogens with one attached hydrogen (secondary N) is 1. The third kappa shape index (κ3) is 3.20. The lowest BCUT2D eigenvalue weighted by Crippen LogP contribution is -2.19. The van der Waals surface area contributed by atoms with Crippen molar-refractivity contribution < 1.29 is 9.21 Å². The van der Waals surface area contributed by atoms with Gasteiger partial charge in [0.1, 0.15) is 5.76 Å². The summed E-state index contributed by atoms with van der Waals surface area (Å²) in [7, 11) is 0. The molecule has 0 spiro atoms. The van der Waals surface area contributed by atoms with Crippen molar-refractivity contribution in [1.29, 1.82) is 0 Å². The van der Waals surface area contributed by atoms with Gasteiger partial charge in [0.05, 0.1) is 12.8 Å². The molecule has 1 amide bonds. The second kappa shape index (κ2) is 6.09. The summed E-state index contributed by atoms with van der Waals surface area (Å²) in [4.78, 5) is 11.8. The van der Waals surface area contributed by atoms with Crippen molar-refractivity contribution in [2.24, 2.45) is 0 Å². The average Bonchev–Trinajstić information content (AvgIpc) is 3.04. The molecule has 0 bridgehead atoms. The summed E-state index contributed by atoms with van der Waals surface area (Å²) in [6.45, 7) is 0.395. The van der Waals surface area contributed by atoms with E-state index >= 15 is 0 Å². The summed E-state index contributed by atoms with van der Waals surface area (Å²) < 4.78 is 5.17. The van der Waals surface area contributed by atoms with Crippen LogP contribution in [0.25, 0.3) is 16.8 Å². The van der Waals surface area contributed by atoms with Crippen LogP contribution in [-0.2, 0) is 11.3 Å². The van der Waals surface area contributed by atoms with Gasteiger partial charge in [0.15, 0.2) is 0 Å². The number of benzene rings is 2. The Bertz CT molecular complexity index is 768. The molecule has 0 aliphatic heterocycles. The molecule has 0 unspecified atom stereocenters. The van der Waals surface area contributed by atoms with Gasteiger partial charge in [0.25, 0.3) is 0 Å². The van der Waals surface area contributed by atoms with Crippen molar-refractivity contribution in [3.8, 4) is 0 Å². The molecule has 0 saturated heterocycles. The van der Waals surface area contributed by atoms with Gasteiger partial charge in [-0.15, -0.1) is 0 Å². The Morgan fingerprint density at radius 3 is 2.76 bits per heavy atom. The zero-order valence-corrected chi connectivity index (χ0v) is 11.5. The van der Waals surface area contributed by atoms with Gasteiger partial charge >= 0.3 is 0 Å². The zero-order chi connectivity index (χ0) is 14.5. The van der Waals surface area contributed by atoms with Crippen LogP contribution >= 0.6 is 0 Å². The van der Waals surface area contributed by atoms with Gasteiger partial charge in [-0.1, -0.05) is 42.5 Å². The molecule has 0 fully saturated rings. The quantitative estimate of drug-likeness (QED) is 0.738. The lowest BCUT2D eigenvalue weighted by molar-refractivity contribution is -0.116. The Balaban J connectivity index is 1.71. The van der Waals surface area contributed by atoms with E-state index in [-0.39, 0.29) is 5.91 Å². The van der Waals surface area contributed by atoms with E-state index in [0.717, 1.165) is 22.1 Å². The average molecular weight is 277 g/mol. The van der Waals surface area contributed by atoms with Crippen LogP contribution in [0.3, 0.4) is 0 Å². The highest BCUT2D eigenvalue weighted by atomic mass is 16.3. The lowest BCUT2D eigenvalue weighted by Gasteiger charge is -2.02. The maximum atomic E-state index is 11.8. The van der Waals surface area contributed by atoms with Gasteiger partial charge in [-0.3, -0.25) is 4.79 Å². The number of hydrogen-bond acceptors (Lipinski definition) is 2. The highest BCUT2D eigenvalue weighted by molar-refractivity contribution is 5.96. The summed E-state index contributed by atoms with van der Waals surface area (Å²) >= 11 is 0. The fourth-order valence-corrected chi connectivity index (χ4v) is 2.21. The highest BCUT2D eigenvalue weighted by Crippen LogP contribution is 2.19. The summed E-state index contributed by atoms with van der Waals surface area (Å²) in [6, 6.07) is 17.8. The predicted octanol–water partition coefficient (Wildman–Crippen LogP) is 3.76. The van der Waals surface area contributed by atoms with Gasteiger partial charge in [0, 0.05) is 6.08 Å². The van der Waals surface area contributed by atoms with E-state index in [2.05, 4.69) is 23.5 Å². The van der Waals surface area contributed by atoms with Crippen LogP contribution in [0.5, 0.6) is 0 Å². The monoisotopic (exact) mass is 277 g/mol. The van der Waals surface area contributed by atoms with Crippen LogP contribution in [-0.4, -0.2) is 5.91 Å². The molecule has 2 aromatic carbocycles. The fraction of sp³-hybridized carbons (Fsp3) is 0.0556. The molecule has 21 heavy (non-hydrogen) atoms. The van der Waals surface area contributed by atoms with Gasteiger partial charge in [-0.25, -0.2) is 0 Å². The fourth-order valence-electron chi connectivity index (χ4n) is 2.21. The van der Waals surface area contributed by atoms with Gasteiger partial charge in [-0.2, -0.15) is 0 Å². The summed E-state index contributed by atoms with van der Waals surface area (Å²) in [5.74, 6) is 0.598. The Labute approximate surface area is 122 Å². The number of hydrogen-bond donors (Lipinski definition) is 1. The third-order valence-electron chi connectivity index (χ3n) is 3.25. The minimum atomic E-state index is -0.140. The summed E-state index contributed by atoms with van der Waals surface area (Å²) in [6.07, 6.45) is 4.97. The SMILES string of the molecule is O=C(C=Cc1cccc2ccccc12)NCc1ccco1. The molecule has 104 valence electrons. The van der Waals surface area contributed by atoms with Gasteiger partial charge in [-0.05, 0) is 34.5 Å². The second-order valence-electron chi connectivity index (χ2n) is 4.70. The number of carbonyl (C=O) groups excluding carboxylic acids is 1. The number of furan rings is 1. The van der Waals surface area contributed by atoms with Crippen LogP contribution in [0, 0.1) is 0 Å². The van der Waals surface area contributed by atoms with E-state index in [1.54, 1.807) is 18.4 Å². The van der Waals surface area contributed by atoms with Crippen molar-refractivity contribution in [2.75, 3.05) is 0 Å². The van der Waals surface area contributed by atoms with Crippen LogP contribution in [0.1, 0.15) is 11.3 Å². The molecule has 0 radical (unpaired) electrons. The molecular formula is C18H15NO2. The lowest BCUT2D eigenvalue weighted by atomic mass is 10.0. The molecular weight excluding hydrogens is 262 g/mol. The number of carbonyl (C=O) groups is 1. The van der Waals surface area contributed by atoms with Gasteiger partial charge < -0.3 is 9.73 Å². The Morgan fingerprint density at radius 1 is 1.05 bits per heavy atom. The molecule has 0 saturated carbocycles. The van der Waals surface area contributed by atoms with E-state index in [1.807, 2.05) is 36.4 Å². The molecule has 0 aliphatic rings. The van der Waals surface area contributed by atoms with Gasteiger partial charge in [0.2, 0.25) is 5.91 Å². The minimum absolute atomic E-state index is 0.140. The van der Waals surface area contributed by atoms with E-state index in [1.165, 1.54) is 0 Å². The van der Waals surface area contributed by atoms with Crippen molar-refractivity contribution in [1.82, 2.24) is 5.32 Å². The highest BCUT2D eigenvalue weighted by Gasteiger charge is 2.00. The molecule has 3 aromatic rings. The second-order valence-corrected chi connectivity index (χ2v) is 4.70. The maximum absolute atomic E-state index is 11.8. The Kier molecular flexibility index (Phi) is 3.83.